The second-order valence-electron chi connectivity index (χ2n) is 16.1. The predicted octanol–water partition coefficient (Wildman–Crippen LogP) is 6.40. The third kappa shape index (κ3) is 11.5. The summed E-state index contributed by atoms with van der Waals surface area (Å²) in [6.45, 7) is 4.65. The highest BCUT2D eigenvalue weighted by molar-refractivity contribution is 5.79. The molecule has 0 spiro atoms. The molecule has 4 aromatic carbocycles. The number of hydrogen-bond donors (Lipinski definition) is 2. The van der Waals surface area contributed by atoms with Crippen molar-refractivity contribution in [2.45, 2.75) is 63.9 Å². The zero-order valence-electron chi connectivity index (χ0n) is 35.7. The average molecular weight is 874 g/mol. The van der Waals surface area contributed by atoms with Gasteiger partial charge in [-0.2, -0.15) is 5.10 Å². The topological polar surface area (TPSA) is 193 Å². The van der Waals surface area contributed by atoms with Crippen LogP contribution in [-0.4, -0.2) is 75.4 Å². The number of carbonyl (C=O) groups excluding carboxylic acids is 1. The van der Waals surface area contributed by atoms with Gasteiger partial charge >= 0.3 is 5.69 Å². The molecule has 16 nitrogen and oxygen atoms in total. The van der Waals surface area contributed by atoms with Gasteiger partial charge in [0.15, 0.2) is 0 Å². The van der Waals surface area contributed by atoms with Gasteiger partial charge in [0.1, 0.15) is 18.1 Å². The molecular weight excluding hydrogens is 827 g/mol. The van der Waals surface area contributed by atoms with Crippen molar-refractivity contribution in [3.8, 4) is 29.1 Å². The summed E-state index contributed by atoms with van der Waals surface area (Å²) in [6.07, 6.45) is 9.70. The number of aliphatic hydroxyl groups is 1. The van der Waals surface area contributed by atoms with Crippen LogP contribution in [0.3, 0.4) is 0 Å². The van der Waals surface area contributed by atoms with Gasteiger partial charge in [0, 0.05) is 49.4 Å². The van der Waals surface area contributed by atoms with Crippen LogP contribution >= 0.6 is 0 Å². The van der Waals surface area contributed by atoms with Crippen molar-refractivity contribution in [1.82, 2.24) is 39.5 Å². The lowest BCUT2D eigenvalue weighted by Crippen LogP contribution is -2.49. The maximum absolute atomic E-state index is 13.4. The first-order valence-corrected chi connectivity index (χ1v) is 21.3. The first-order valence-electron chi connectivity index (χ1n) is 21.3. The number of likely N-dealkylation sites (tertiary alicyclic amines) is 1. The number of amides is 1. The second kappa shape index (κ2) is 20.2. The maximum atomic E-state index is 13.4. The fourth-order valence-corrected chi connectivity index (χ4v) is 7.57. The number of aromatic nitrogens is 6. The van der Waals surface area contributed by atoms with Gasteiger partial charge in [0.25, 0.3) is 5.56 Å². The van der Waals surface area contributed by atoms with E-state index in [-0.39, 0.29) is 42.0 Å². The van der Waals surface area contributed by atoms with Crippen LogP contribution in [0.1, 0.15) is 60.2 Å². The van der Waals surface area contributed by atoms with Crippen molar-refractivity contribution in [2.75, 3.05) is 19.6 Å². The summed E-state index contributed by atoms with van der Waals surface area (Å²) in [5, 5.41) is 30.9. The number of fused-ring (bicyclic) bond motifs is 1. The van der Waals surface area contributed by atoms with Crippen LogP contribution in [0.25, 0.3) is 10.9 Å². The summed E-state index contributed by atoms with van der Waals surface area (Å²) < 4.78 is 14.8. The Balaban J connectivity index is 0.755. The van der Waals surface area contributed by atoms with E-state index in [0.29, 0.717) is 80.1 Å². The van der Waals surface area contributed by atoms with Crippen LogP contribution in [0.4, 0.5) is 5.69 Å². The lowest BCUT2D eigenvalue weighted by atomic mass is 9.90. The summed E-state index contributed by atoms with van der Waals surface area (Å²) >= 11 is 0. The standard InChI is InChI=1S/C49H47N9O7/c1-35(38-9-3-2-4-10-38)24-47(59)55-22-19-49(61,20-23-55)33-56-34-53-44-25-36(13-18-43(44)48(56)60)8-7-21-50-26-37-27-54-57(30-37)31-39-28-52-40(29-51-39)32-64-41-14-16-42(17-15-41)65-46-12-6-5-11-45(46)58(62)63/h2-6,9-18,25,27-30,34-35,50,61H,19-24,26,31-33H2,1H3/t35-/m1/s1. The minimum atomic E-state index is -1.12. The zero-order valence-corrected chi connectivity index (χ0v) is 35.7. The number of hydrogen-bond acceptors (Lipinski definition) is 12. The Kier molecular flexibility index (Phi) is 13.6. The molecule has 2 N–H and O–H groups in total. The summed E-state index contributed by atoms with van der Waals surface area (Å²) in [6, 6.07) is 28.3. The van der Waals surface area contributed by atoms with E-state index in [4.69, 9.17) is 9.47 Å². The first kappa shape index (κ1) is 43.9. The number of nitrogens with zero attached hydrogens (tertiary/aromatic N) is 8. The lowest BCUT2D eigenvalue weighted by molar-refractivity contribution is -0.385. The van der Waals surface area contributed by atoms with E-state index in [1.807, 2.05) is 41.4 Å². The Hall–Kier alpha value is -7.74. The molecule has 8 rings (SSSR count). The Morgan fingerprint density at radius 3 is 2.45 bits per heavy atom. The van der Waals surface area contributed by atoms with E-state index in [1.165, 1.54) is 17.0 Å². The Labute approximate surface area is 374 Å². The summed E-state index contributed by atoms with van der Waals surface area (Å²) in [4.78, 5) is 52.6. The molecule has 1 amide bonds. The maximum Gasteiger partial charge on any atom is 0.311 e. The van der Waals surface area contributed by atoms with Crippen molar-refractivity contribution >= 4 is 22.5 Å². The van der Waals surface area contributed by atoms with Crippen molar-refractivity contribution in [3.05, 3.63) is 177 Å². The summed E-state index contributed by atoms with van der Waals surface area (Å²) in [5.74, 6) is 7.62. The van der Waals surface area contributed by atoms with Crippen molar-refractivity contribution in [3.63, 3.8) is 0 Å². The second-order valence-corrected chi connectivity index (χ2v) is 16.1. The molecule has 0 saturated carbocycles. The number of benzene rings is 4. The van der Waals surface area contributed by atoms with Gasteiger partial charge in [0.05, 0.1) is 77.4 Å². The quantitative estimate of drug-likeness (QED) is 0.0471. The number of piperidine rings is 1. The smallest absolute Gasteiger partial charge is 0.311 e. The molecule has 1 saturated heterocycles. The highest BCUT2D eigenvalue weighted by atomic mass is 16.6. The highest BCUT2D eigenvalue weighted by Gasteiger charge is 2.35. The van der Waals surface area contributed by atoms with Crippen LogP contribution in [-0.2, 0) is 31.0 Å². The molecule has 1 atom stereocenters. The van der Waals surface area contributed by atoms with Gasteiger partial charge < -0.3 is 24.8 Å². The van der Waals surface area contributed by atoms with Crippen molar-refractivity contribution in [2.24, 2.45) is 0 Å². The minimum absolute atomic E-state index is 0.0735. The van der Waals surface area contributed by atoms with E-state index in [1.54, 1.807) is 83.9 Å². The molecule has 1 fully saturated rings. The fourth-order valence-electron chi connectivity index (χ4n) is 7.57. The Morgan fingerprint density at radius 1 is 0.938 bits per heavy atom. The molecule has 4 heterocycles. The fraction of sp³-hybridized carbons (Fsp3) is 0.265. The number of nitro benzene ring substituents is 1. The number of nitro groups is 1. The molecule has 0 bridgehead atoms. The zero-order chi connectivity index (χ0) is 45.2. The number of ether oxygens (including phenoxy) is 2. The molecule has 7 aromatic rings. The number of nitrogens with one attached hydrogen (secondary N) is 1. The Bertz CT molecular complexity index is 2880. The lowest BCUT2D eigenvalue weighted by Gasteiger charge is -2.38. The summed E-state index contributed by atoms with van der Waals surface area (Å²) in [5.41, 5.74) is 3.27. The highest BCUT2D eigenvalue weighted by Crippen LogP contribution is 2.32. The predicted molar refractivity (Wildman–Crippen MR) is 242 cm³/mol. The van der Waals surface area contributed by atoms with Crippen molar-refractivity contribution in [1.29, 1.82) is 0 Å². The Morgan fingerprint density at radius 2 is 1.68 bits per heavy atom. The third-order valence-electron chi connectivity index (χ3n) is 11.2. The third-order valence-corrected chi connectivity index (χ3v) is 11.2. The van der Waals surface area contributed by atoms with Crippen LogP contribution in [0.15, 0.2) is 133 Å². The van der Waals surface area contributed by atoms with Gasteiger partial charge in [0.2, 0.25) is 11.7 Å². The van der Waals surface area contributed by atoms with Crippen LogP contribution in [0.2, 0.25) is 0 Å². The molecule has 330 valence electrons. The molecule has 16 heteroatoms. The van der Waals surface area contributed by atoms with Gasteiger partial charge in [-0.15, -0.1) is 0 Å². The van der Waals surface area contributed by atoms with E-state index in [2.05, 4.69) is 44.1 Å². The molecule has 1 aliphatic heterocycles. The normalized spacial score (nSPS) is 13.7. The molecule has 1 aliphatic rings. The van der Waals surface area contributed by atoms with Crippen LogP contribution < -0.4 is 20.3 Å². The molecule has 0 unspecified atom stereocenters. The van der Waals surface area contributed by atoms with Crippen molar-refractivity contribution < 1.29 is 24.3 Å². The number of rotatable bonds is 16. The van der Waals surface area contributed by atoms with E-state index >= 15 is 0 Å². The van der Waals surface area contributed by atoms with Crippen LogP contribution in [0.5, 0.6) is 17.2 Å². The van der Waals surface area contributed by atoms with E-state index < -0.39 is 10.5 Å². The molecular formula is C49H47N9O7. The molecule has 0 radical (unpaired) electrons. The van der Waals surface area contributed by atoms with Gasteiger partial charge in [-0.05, 0) is 72.9 Å². The molecule has 3 aromatic heterocycles. The monoisotopic (exact) mass is 873 g/mol. The largest absolute Gasteiger partial charge is 0.487 e. The van der Waals surface area contributed by atoms with E-state index in [9.17, 15) is 24.8 Å². The average Bonchev–Trinajstić information content (AvgIpc) is 3.77. The van der Waals surface area contributed by atoms with Gasteiger partial charge in [-0.3, -0.25) is 38.9 Å². The molecule has 0 aliphatic carbocycles. The summed E-state index contributed by atoms with van der Waals surface area (Å²) in [7, 11) is 0. The number of para-hydroxylation sites is 2. The number of carbonyl (C=O) groups is 1. The van der Waals surface area contributed by atoms with E-state index in [0.717, 1.165) is 22.4 Å². The minimum Gasteiger partial charge on any atom is -0.487 e. The molecule has 65 heavy (non-hydrogen) atoms. The van der Waals surface area contributed by atoms with Crippen LogP contribution in [0, 0.1) is 22.0 Å². The van der Waals surface area contributed by atoms with Gasteiger partial charge in [-0.25, -0.2) is 4.98 Å². The SMILES string of the molecule is C[C@H](CC(=O)N1CCC(O)(Cn2cnc3cc(C#CCNCc4cnn(Cc5cnc(COc6ccc(Oc7ccccc7[N+](=O)[O-])cc6)cn5)c4)ccc3c2=O)CC1)c1ccccc1. The van der Waals surface area contributed by atoms with Gasteiger partial charge in [-0.1, -0.05) is 61.2 Å². The first-order chi connectivity index (χ1) is 31.6.